The molecule has 0 aromatic carbocycles. The minimum absolute atomic E-state index is 0.487. The standard InChI is InChI=1S/C14H26N4O/c1-4-13-16-14(19-17-13)10-18(11(2)3)9-12-7-5-6-8-15-12/h11-12,15H,4-10H2,1-3H3. The van der Waals surface area contributed by atoms with E-state index >= 15 is 0 Å². The largest absolute Gasteiger partial charge is 0.338 e. The molecule has 19 heavy (non-hydrogen) atoms. The van der Waals surface area contributed by atoms with Crippen LogP contribution in [0.2, 0.25) is 0 Å². The van der Waals surface area contributed by atoms with E-state index in [1.54, 1.807) is 0 Å². The van der Waals surface area contributed by atoms with Crippen molar-refractivity contribution in [3.05, 3.63) is 11.7 Å². The number of hydrogen-bond donors (Lipinski definition) is 1. The summed E-state index contributed by atoms with van der Waals surface area (Å²) >= 11 is 0. The highest BCUT2D eigenvalue weighted by molar-refractivity contribution is 4.87. The first-order chi connectivity index (χ1) is 9.19. The number of nitrogens with one attached hydrogen (secondary N) is 1. The van der Waals surface area contributed by atoms with Gasteiger partial charge in [0.25, 0.3) is 0 Å². The minimum Gasteiger partial charge on any atom is -0.338 e. The number of nitrogens with zero attached hydrogens (tertiary/aromatic N) is 3. The molecule has 1 N–H and O–H groups in total. The maximum Gasteiger partial charge on any atom is 0.240 e. The fourth-order valence-corrected chi connectivity index (χ4v) is 2.49. The summed E-state index contributed by atoms with van der Waals surface area (Å²) in [4.78, 5) is 6.82. The molecule has 0 radical (unpaired) electrons. The second-order valence-electron chi connectivity index (χ2n) is 5.63. The van der Waals surface area contributed by atoms with Crippen molar-refractivity contribution in [1.29, 1.82) is 0 Å². The van der Waals surface area contributed by atoms with Crippen LogP contribution >= 0.6 is 0 Å². The lowest BCUT2D eigenvalue weighted by atomic mass is 10.0. The van der Waals surface area contributed by atoms with E-state index in [1.807, 2.05) is 6.92 Å². The highest BCUT2D eigenvalue weighted by Crippen LogP contribution is 2.13. The molecule has 1 aromatic heterocycles. The molecule has 0 spiro atoms. The monoisotopic (exact) mass is 266 g/mol. The van der Waals surface area contributed by atoms with Gasteiger partial charge in [0, 0.05) is 25.0 Å². The molecule has 0 aliphatic carbocycles. The molecule has 1 aliphatic heterocycles. The number of rotatable bonds is 6. The van der Waals surface area contributed by atoms with Gasteiger partial charge in [0.15, 0.2) is 5.82 Å². The molecule has 1 aliphatic rings. The zero-order chi connectivity index (χ0) is 13.7. The number of hydrogen-bond acceptors (Lipinski definition) is 5. The summed E-state index contributed by atoms with van der Waals surface area (Å²) in [5.74, 6) is 1.54. The van der Waals surface area contributed by atoms with Gasteiger partial charge in [0.2, 0.25) is 5.89 Å². The molecule has 0 saturated carbocycles. The van der Waals surface area contributed by atoms with E-state index in [0.717, 1.165) is 37.8 Å². The predicted molar refractivity (Wildman–Crippen MR) is 74.9 cm³/mol. The van der Waals surface area contributed by atoms with Gasteiger partial charge < -0.3 is 9.84 Å². The normalized spacial score (nSPS) is 20.4. The zero-order valence-corrected chi connectivity index (χ0v) is 12.4. The van der Waals surface area contributed by atoms with Crippen molar-refractivity contribution in [2.24, 2.45) is 0 Å². The Morgan fingerprint density at radius 1 is 1.42 bits per heavy atom. The summed E-state index contributed by atoms with van der Waals surface area (Å²) in [6.07, 6.45) is 4.74. The third-order valence-corrected chi connectivity index (χ3v) is 3.76. The Balaban J connectivity index is 1.91. The first-order valence-corrected chi connectivity index (χ1v) is 7.48. The van der Waals surface area contributed by atoms with Crippen LogP contribution in [0.1, 0.15) is 51.7 Å². The molecule has 2 heterocycles. The lowest BCUT2D eigenvalue weighted by Gasteiger charge is -2.32. The average Bonchev–Trinajstić information content (AvgIpc) is 2.87. The molecule has 2 rings (SSSR count). The summed E-state index contributed by atoms with van der Waals surface area (Å²) < 4.78 is 5.30. The van der Waals surface area contributed by atoms with Gasteiger partial charge in [-0.3, -0.25) is 4.90 Å². The smallest absolute Gasteiger partial charge is 0.240 e. The molecular formula is C14H26N4O. The third kappa shape index (κ3) is 4.28. The van der Waals surface area contributed by atoms with Gasteiger partial charge in [-0.25, -0.2) is 0 Å². The van der Waals surface area contributed by atoms with Crippen LogP contribution in [0, 0.1) is 0 Å². The quantitative estimate of drug-likeness (QED) is 0.853. The third-order valence-electron chi connectivity index (χ3n) is 3.76. The van der Waals surface area contributed by atoms with Gasteiger partial charge in [-0.1, -0.05) is 18.5 Å². The van der Waals surface area contributed by atoms with Crippen molar-refractivity contribution in [2.45, 2.75) is 65.1 Å². The molecule has 0 bridgehead atoms. The lowest BCUT2D eigenvalue weighted by Crippen LogP contribution is -2.45. The van der Waals surface area contributed by atoms with E-state index in [-0.39, 0.29) is 0 Å². The van der Waals surface area contributed by atoms with E-state index in [2.05, 4.69) is 34.2 Å². The number of aryl methyl sites for hydroxylation is 1. The van der Waals surface area contributed by atoms with E-state index in [9.17, 15) is 0 Å². The molecule has 5 nitrogen and oxygen atoms in total. The van der Waals surface area contributed by atoms with Crippen LogP contribution in [0.5, 0.6) is 0 Å². The van der Waals surface area contributed by atoms with Crippen molar-refractivity contribution in [2.75, 3.05) is 13.1 Å². The molecule has 1 saturated heterocycles. The SMILES string of the molecule is CCc1noc(CN(CC2CCCCN2)C(C)C)n1. The summed E-state index contributed by atoms with van der Waals surface area (Å²) in [6.45, 7) is 9.45. The molecule has 1 aromatic rings. The van der Waals surface area contributed by atoms with Crippen LogP contribution in [0.25, 0.3) is 0 Å². The Morgan fingerprint density at radius 2 is 2.26 bits per heavy atom. The first-order valence-electron chi connectivity index (χ1n) is 7.48. The zero-order valence-electron chi connectivity index (χ0n) is 12.4. The van der Waals surface area contributed by atoms with Gasteiger partial charge in [-0.2, -0.15) is 4.98 Å². The molecule has 1 atom stereocenters. The summed E-state index contributed by atoms with van der Waals surface area (Å²) in [7, 11) is 0. The highest BCUT2D eigenvalue weighted by Gasteiger charge is 2.20. The molecule has 108 valence electrons. The Hall–Kier alpha value is -0.940. The lowest BCUT2D eigenvalue weighted by molar-refractivity contribution is 0.157. The number of piperidine rings is 1. The molecule has 1 unspecified atom stereocenters. The van der Waals surface area contributed by atoms with Crippen molar-refractivity contribution in [1.82, 2.24) is 20.4 Å². The van der Waals surface area contributed by atoms with E-state index < -0.39 is 0 Å². The Bertz CT molecular complexity index is 371. The molecule has 5 heteroatoms. The van der Waals surface area contributed by atoms with Crippen LogP contribution in [0.3, 0.4) is 0 Å². The highest BCUT2D eigenvalue weighted by atomic mass is 16.5. The van der Waals surface area contributed by atoms with Crippen molar-refractivity contribution >= 4 is 0 Å². The summed E-state index contributed by atoms with van der Waals surface area (Å²) in [6, 6.07) is 1.09. The van der Waals surface area contributed by atoms with Gasteiger partial charge in [-0.05, 0) is 33.2 Å². The van der Waals surface area contributed by atoms with E-state index in [4.69, 9.17) is 4.52 Å². The van der Waals surface area contributed by atoms with Gasteiger partial charge >= 0.3 is 0 Å². The topological polar surface area (TPSA) is 54.2 Å². The fraction of sp³-hybridized carbons (Fsp3) is 0.857. The second kappa shape index (κ2) is 7.01. The molecular weight excluding hydrogens is 240 g/mol. The van der Waals surface area contributed by atoms with E-state index in [1.165, 1.54) is 19.3 Å². The first kappa shape index (κ1) is 14.5. The van der Waals surface area contributed by atoms with Crippen LogP contribution in [0.15, 0.2) is 4.52 Å². The maximum atomic E-state index is 5.30. The summed E-state index contributed by atoms with van der Waals surface area (Å²) in [5, 5.41) is 7.56. The van der Waals surface area contributed by atoms with E-state index in [0.29, 0.717) is 12.1 Å². The molecule has 1 fully saturated rings. The van der Waals surface area contributed by atoms with Gasteiger partial charge in [-0.15, -0.1) is 0 Å². The maximum absolute atomic E-state index is 5.30. The van der Waals surface area contributed by atoms with Crippen LogP contribution in [-0.4, -0.2) is 40.2 Å². The average molecular weight is 266 g/mol. The minimum atomic E-state index is 0.487. The second-order valence-corrected chi connectivity index (χ2v) is 5.63. The predicted octanol–water partition coefficient (Wildman–Crippen LogP) is 1.98. The van der Waals surface area contributed by atoms with Gasteiger partial charge in [0.05, 0.1) is 6.54 Å². The van der Waals surface area contributed by atoms with Crippen molar-refractivity contribution in [3.63, 3.8) is 0 Å². The van der Waals surface area contributed by atoms with Crippen molar-refractivity contribution < 1.29 is 4.52 Å². The summed E-state index contributed by atoms with van der Waals surface area (Å²) in [5.41, 5.74) is 0. The number of aromatic nitrogens is 2. The van der Waals surface area contributed by atoms with Crippen molar-refractivity contribution in [3.8, 4) is 0 Å². The Kier molecular flexibility index (Phi) is 5.34. The van der Waals surface area contributed by atoms with Crippen LogP contribution in [0.4, 0.5) is 0 Å². The van der Waals surface area contributed by atoms with Gasteiger partial charge in [0.1, 0.15) is 0 Å². The Morgan fingerprint density at radius 3 is 2.84 bits per heavy atom. The van der Waals surface area contributed by atoms with Crippen LogP contribution < -0.4 is 5.32 Å². The fourth-order valence-electron chi connectivity index (χ4n) is 2.49. The van der Waals surface area contributed by atoms with Crippen LogP contribution in [-0.2, 0) is 13.0 Å². The molecule has 0 amide bonds. The Labute approximate surface area is 115 Å².